The smallest absolute Gasteiger partial charge is 0.270 e. The van der Waals surface area contributed by atoms with Gasteiger partial charge in [-0.1, -0.05) is 11.8 Å². The van der Waals surface area contributed by atoms with Crippen molar-refractivity contribution in [2.24, 2.45) is 0 Å². The summed E-state index contributed by atoms with van der Waals surface area (Å²) in [7, 11) is 0. The summed E-state index contributed by atoms with van der Waals surface area (Å²) in [4.78, 5) is 19.8. The molecule has 0 bridgehead atoms. The second kappa shape index (κ2) is 6.48. The Labute approximate surface area is 118 Å². The molecule has 2 aromatic rings. The van der Waals surface area contributed by atoms with Crippen LogP contribution in [0.5, 0.6) is 0 Å². The zero-order chi connectivity index (χ0) is 14.4. The molecule has 4 heteroatoms. The van der Waals surface area contributed by atoms with Gasteiger partial charge in [0, 0.05) is 35.8 Å². The number of aromatic nitrogens is 2. The minimum Gasteiger partial charge on any atom is -0.349 e. The number of pyridine rings is 2. The van der Waals surface area contributed by atoms with E-state index in [9.17, 15) is 4.79 Å². The first-order valence-corrected chi connectivity index (χ1v) is 6.34. The van der Waals surface area contributed by atoms with Gasteiger partial charge in [-0.15, -0.1) is 0 Å². The van der Waals surface area contributed by atoms with Crippen molar-refractivity contribution in [3.63, 3.8) is 0 Å². The number of amides is 1. The van der Waals surface area contributed by atoms with Crippen molar-refractivity contribution in [1.82, 2.24) is 15.3 Å². The van der Waals surface area contributed by atoms with E-state index in [2.05, 4.69) is 27.1 Å². The highest BCUT2D eigenvalue weighted by molar-refractivity contribution is 5.92. The highest BCUT2D eigenvalue weighted by atomic mass is 16.1. The minimum atomic E-state index is -0.173. The Hall–Kier alpha value is -2.67. The van der Waals surface area contributed by atoms with Crippen LogP contribution in [0.2, 0.25) is 0 Å². The lowest BCUT2D eigenvalue weighted by Crippen LogP contribution is -2.30. The van der Waals surface area contributed by atoms with E-state index in [1.165, 1.54) is 0 Å². The van der Waals surface area contributed by atoms with E-state index >= 15 is 0 Å². The lowest BCUT2D eigenvalue weighted by molar-refractivity contribution is 0.0938. The quantitative estimate of drug-likeness (QED) is 0.845. The Morgan fingerprint density at radius 3 is 2.40 bits per heavy atom. The molecule has 0 spiro atoms. The van der Waals surface area contributed by atoms with Gasteiger partial charge in [0.1, 0.15) is 5.69 Å². The first kappa shape index (κ1) is 13.8. The van der Waals surface area contributed by atoms with Gasteiger partial charge in [-0.2, -0.15) is 0 Å². The van der Waals surface area contributed by atoms with Gasteiger partial charge in [0.2, 0.25) is 0 Å². The highest BCUT2D eigenvalue weighted by Gasteiger charge is 2.07. The Balaban J connectivity index is 2.09. The summed E-state index contributed by atoms with van der Waals surface area (Å²) < 4.78 is 0. The summed E-state index contributed by atoms with van der Waals surface area (Å²) in [5.41, 5.74) is 2.05. The van der Waals surface area contributed by atoms with Crippen molar-refractivity contribution in [2.45, 2.75) is 19.9 Å². The maximum absolute atomic E-state index is 11.7. The summed E-state index contributed by atoms with van der Waals surface area (Å²) in [5.74, 6) is 5.83. The van der Waals surface area contributed by atoms with E-state index in [0.29, 0.717) is 5.69 Å². The Morgan fingerprint density at radius 1 is 1.10 bits per heavy atom. The molecule has 0 atom stereocenters. The second-order valence-electron chi connectivity index (χ2n) is 4.55. The Bertz CT molecular complexity index is 637. The molecule has 0 fully saturated rings. The van der Waals surface area contributed by atoms with E-state index in [4.69, 9.17) is 0 Å². The molecule has 2 aromatic heterocycles. The fraction of sp³-hybridized carbons (Fsp3) is 0.188. The van der Waals surface area contributed by atoms with Gasteiger partial charge in [-0.3, -0.25) is 9.78 Å². The van der Waals surface area contributed by atoms with Crippen molar-refractivity contribution >= 4 is 5.91 Å². The molecule has 0 aliphatic rings. The number of hydrogen-bond donors (Lipinski definition) is 1. The van der Waals surface area contributed by atoms with Crippen LogP contribution in [0, 0.1) is 11.8 Å². The third-order valence-electron chi connectivity index (χ3n) is 2.45. The molecule has 0 aliphatic carbocycles. The molecule has 1 amide bonds. The second-order valence-corrected chi connectivity index (χ2v) is 4.55. The van der Waals surface area contributed by atoms with Crippen LogP contribution in [0.4, 0.5) is 0 Å². The maximum Gasteiger partial charge on any atom is 0.270 e. The van der Waals surface area contributed by atoms with Crippen molar-refractivity contribution in [3.05, 3.63) is 59.7 Å². The number of rotatable bonds is 2. The average Bonchev–Trinajstić information content (AvgIpc) is 2.46. The Morgan fingerprint density at radius 2 is 1.80 bits per heavy atom. The summed E-state index contributed by atoms with van der Waals surface area (Å²) >= 11 is 0. The van der Waals surface area contributed by atoms with Gasteiger partial charge >= 0.3 is 0 Å². The van der Waals surface area contributed by atoms with Crippen LogP contribution in [0.25, 0.3) is 0 Å². The molecule has 1 N–H and O–H groups in total. The van der Waals surface area contributed by atoms with Gasteiger partial charge in [0.15, 0.2) is 0 Å². The first-order valence-electron chi connectivity index (χ1n) is 6.34. The Kier molecular flexibility index (Phi) is 4.46. The van der Waals surface area contributed by atoms with Gasteiger partial charge in [-0.05, 0) is 38.1 Å². The normalized spacial score (nSPS) is 9.75. The summed E-state index contributed by atoms with van der Waals surface area (Å²) in [5, 5.41) is 2.79. The number of nitrogens with zero attached hydrogens (tertiary/aromatic N) is 2. The molecule has 20 heavy (non-hydrogen) atoms. The van der Waals surface area contributed by atoms with Crippen LogP contribution >= 0.6 is 0 Å². The van der Waals surface area contributed by atoms with Gasteiger partial charge in [0.25, 0.3) is 5.91 Å². The predicted molar refractivity (Wildman–Crippen MR) is 77.1 cm³/mol. The van der Waals surface area contributed by atoms with Crippen LogP contribution in [0.3, 0.4) is 0 Å². The topological polar surface area (TPSA) is 54.9 Å². The van der Waals surface area contributed by atoms with E-state index in [1.807, 2.05) is 26.0 Å². The number of hydrogen-bond acceptors (Lipinski definition) is 3. The van der Waals surface area contributed by atoms with Crippen molar-refractivity contribution in [2.75, 3.05) is 0 Å². The number of nitrogens with one attached hydrogen (secondary N) is 1. The standard InChI is InChI=1S/C16H15N3O/c1-12(2)19-16(20)15-6-5-14(11-18-15)4-3-13-7-9-17-10-8-13/h5-12H,1-2H3,(H,19,20). The zero-order valence-corrected chi connectivity index (χ0v) is 11.4. The average molecular weight is 265 g/mol. The van der Waals surface area contributed by atoms with Crippen LogP contribution in [0.1, 0.15) is 35.5 Å². The molecule has 0 saturated carbocycles. The van der Waals surface area contributed by atoms with E-state index in [1.54, 1.807) is 30.7 Å². The fourth-order valence-corrected chi connectivity index (χ4v) is 1.52. The largest absolute Gasteiger partial charge is 0.349 e. The van der Waals surface area contributed by atoms with Crippen LogP contribution in [0.15, 0.2) is 42.9 Å². The van der Waals surface area contributed by atoms with Crippen molar-refractivity contribution in [1.29, 1.82) is 0 Å². The number of carbonyl (C=O) groups is 1. The molecule has 0 aliphatic heterocycles. The monoisotopic (exact) mass is 265 g/mol. The third kappa shape index (κ3) is 3.92. The van der Waals surface area contributed by atoms with Crippen LogP contribution in [-0.4, -0.2) is 21.9 Å². The molecule has 100 valence electrons. The molecule has 2 rings (SSSR count). The van der Waals surface area contributed by atoms with Gasteiger partial charge < -0.3 is 5.32 Å². The molecular weight excluding hydrogens is 250 g/mol. The third-order valence-corrected chi connectivity index (χ3v) is 2.45. The summed E-state index contributed by atoms with van der Waals surface area (Å²) in [6.45, 7) is 3.82. The maximum atomic E-state index is 11.7. The lowest BCUT2D eigenvalue weighted by atomic mass is 10.2. The van der Waals surface area contributed by atoms with Crippen molar-refractivity contribution < 1.29 is 4.79 Å². The highest BCUT2D eigenvalue weighted by Crippen LogP contribution is 2.01. The molecule has 0 aromatic carbocycles. The predicted octanol–water partition coefficient (Wildman–Crippen LogP) is 2.01. The summed E-state index contributed by atoms with van der Waals surface area (Å²) in [6.07, 6.45) is 4.99. The molecule has 0 unspecified atom stereocenters. The minimum absolute atomic E-state index is 0.0930. The van der Waals surface area contributed by atoms with Crippen LogP contribution < -0.4 is 5.32 Å². The molecule has 2 heterocycles. The first-order chi connectivity index (χ1) is 9.65. The molecule has 0 saturated heterocycles. The zero-order valence-electron chi connectivity index (χ0n) is 11.4. The fourth-order valence-electron chi connectivity index (χ4n) is 1.52. The van der Waals surface area contributed by atoms with Gasteiger partial charge in [-0.25, -0.2) is 4.98 Å². The van der Waals surface area contributed by atoms with Crippen LogP contribution in [-0.2, 0) is 0 Å². The molecule has 4 nitrogen and oxygen atoms in total. The summed E-state index contributed by atoms with van der Waals surface area (Å²) in [6, 6.07) is 7.23. The van der Waals surface area contributed by atoms with Crippen molar-refractivity contribution in [3.8, 4) is 11.8 Å². The van der Waals surface area contributed by atoms with Gasteiger partial charge in [0.05, 0.1) is 0 Å². The molecular formula is C16H15N3O. The number of carbonyl (C=O) groups excluding carboxylic acids is 1. The SMILES string of the molecule is CC(C)NC(=O)c1ccc(C#Cc2ccncc2)cn1. The van der Waals surface area contributed by atoms with E-state index in [-0.39, 0.29) is 11.9 Å². The lowest BCUT2D eigenvalue weighted by Gasteiger charge is -2.07. The van der Waals surface area contributed by atoms with E-state index < -0.39 is 0 Å². The molecule has 0 radical (unpaired) electrons. The van der Waals surface area contributed by atoms with E-state index in [0.717, 1.165) is 11.1 Å².